The van der Waals surface area contributed by atoms with Crippen LogP contribution < -0.4 is 11.2 Å². The summed E-state index contributed by atoms with van der Waals surface area (Å²) in [7, 11) is 1.80. The highest BCUT2D eigenvalue weighted by molar-refractivity contribution is 7.08. The van der Waals surface area contributed by atoms with Gasteiger partial charge < -0.3 is 4.57 Å². The standard InChI is InChI=1S/C14H16N4O2S/c1-3-4-6-18-12-10(13(19)16-14(18)20)17(2)11(15-12)9-5-7-21-8-9/h5,7-8H,3-4,6H2,1-2H3,(H,16,19,20). The van der Waals surface area contributed by atoms with E-state index in [9.17, 15) is 9.59 Å². The second kappa shape index (κ2) is 5.33. The number of H-pyrrole nitrogens is 1. The van der Waals surface area contributed by atoms with Crippen LogP contribution in [0.4, 0.5) is 0 Å². The van der Waals surface area contributed by atoms with Crippen molar-refractivity contribution < 1.29 is 0 Å². The first-order valence-electron chi connectivity index (χ1n) is 6.85. The molecule has 0 aliphatic carbocycles. The molecule has 0 aromatic carbocycles. The number of thiophene rings is 1. The van der Waals surface area contributed by atoms with E-state index in [4.69, 9.17) is 0 Å². The van der Waals surface area contributed by atoms with Gasteiger partial charge in [-0.2, -0.15) is 11.3 Å². The third-order valence-electron chi connectivity index (χ3n) is 3.53. The molecule has 0 fully saturated rings. The Morgan fingerprint density at radius 2 is 2.19 bits per heavy atom. The molecule has 3 rings (SSSR count). The highest BCUT2D eigenvalue weighted by Crippen LogP contribution is 2.23. The molecule has 0 radical (unpaired) electrons. The molecule has 21 heavy (non-hydrogen) atoms. The van der Waals surface area contributed by atoms with Crippen LogP contribution in [-0.2, 0) is 13.6 Å². The molecule has 0 bridgehead atoms. The molecule has 3 heterocycles. The summed E-state index contributed by atoms with van der Waals surface area (Å²) in [4.78, 5) is 31.1. The number of aryl methyl sites for hydroxylation is 2. The van der Waals surface area contributed by atoms with Crippen LogP contribution >= 0.6 is 11.3 Å². The van der Waals surface area contributed by atoms with Crippen LogP contribution in [0.5, 0.6) is 0 Å². The summed E-state index contributed by atoms with van der Waals surface area (Å²) < 4.78 is 3.30. The Balaban J connectivity index is 2.32. The highest BCUT2D eigenvalue weighted by atomic mass is 32.1. The highest BCUT2D eigenvalue weighted by Gasteiger charge is 2.17. The molecule has 0 saturated heterocycles. The molecule has 0 aliphatic heterocycles. The Morgan fingerprint density at radius 3 is 2.86 bits per heavy atom. The minimum Gasteiger partial charge on any atom is -0.321 e. The van der Waals surface area contributed by atoms with Crippen molar-refractivity contribution in [2.45, 2.75) is 26.3 Å². The van der Waals surface area contributed by atoms with Gasteiger partial charge in [0.1, 0.15) is 5.82 Å². The summed E-state index contributed by atoms with van der Waals surface area (Å²) in [5.41, 5.74) is 1.07. The minimum absolute atomic E-state index is 0.390. The van der Waals surface area contributed by atoms with E-state index in [-0.39, 0.29) is 5.56 Å². The molecule has 6 nitrogen and oxygen atoms in total. The van der Waals surface area contributed by atoms with Crippen LogP contribution in [0.25, 0.3) is 22.6 Å². The number of hydrogen-bond donors (Lipinski definition) is 1. The first-order valence-corrected chi connectivity index (χ1v) is 7.80. The quantitative estimate of drug-likeness (QED) is 0.800. The topological polar surface area (TPSA) is 72.7 Å². The van der Waals surface area contributed by atoms with Crippen LogP contribution in [0.15, 0.2) is 26.4 Å². The molecule has 3 aromatic heterocycles. The van der Waals surface area contributed by atoms with Crippen LogP contribution in [-0.4, -0.2) is 19.1 Å². The number of nitrogens with zero attached hydrogens (tertiary/aromatic N) is 3. The van der Waals surface area contributed by atoms with Gasteiger partial charge in [0, 0.05) is 24.5 Å². The maximum atomic E-state index is 12.1. The molecule has 0 saturated carbocycles. The van der Waals surface area contributed by atoms with E-state index in [0.717, 1.165) is 18.4 Å². The summed E-state index contributed by atoms with van der Waals surface area (Å²) in [5.74, 6) is 0.701. The maximum absolute atomic E-state index is 12.1. The number of aromatic nitrogens is 4. The number of aromatic amines is 1. The first-order chi connectivity index (χ1) is 10.1. The second-order valence-corrected chi connectivity index (χ2v) is 5.72. The van der Waals surface area contributed by atoms with Crippen molar-refractivity contribution in [2.24, 2.45) is 7.05 Å². The van der Waals surface area contributed by atoms with Crippen LogP contribution in [0, 0.1) is 0 Å². The monoisotopic (exact) mass is 304 g/mol. The average Bonchev–Trinajstić information content (AvgIpc) is 3.06. The van der Waals surface area contributed by atoms with Crippen LogP contribution in [0.3, 0.4) is 0 Å². The largest absolute Gasteiger partial charge is 0.330 e. The Kier molecular flexibility index (Phi) is 3.50. The lowest BCUT2D eigenvalue weighted by molar-refractivity contribution is 0.613. The summed E-state index contributed by atoms with van der Waals surface area (Å²) in [6.45, 7) is 2.62. The third-order valence-corrected chi connectivity index (χ3v) is 4.21. The van der Waals surface area contributed by atoms with Gasteiger partial charge in [-0.3, -0.25) is 14.3 Å². The zero-order valence-electron chi connectivity index (χ0n) is 11.9. The summed E-state index contributed by atoms with van der Waals surface area (Å²) in [5, 5.41) is 3.94. The van der Waals surface area contributed by atoms with Crippen molar-refractivity contribution >= 4 is 22.5 Å². The number of imidazole rings is 1. The minimum atomic E-state index is -0.393. The lowest BCUT2D eigenvalue weighted by Gasteiger charge is -2.04. The predicted molar refractivity (Wildman–Crippen MR) is 83.8 cm³/mol. The van der Waals surface area contributed by atoms with E-state index in [1.54, 1.807) is 27.5 Å². The normalized spacial score (nSPS) is 11.3. The molecule has 0 unspecified atom stereocenters. The van der Waals surface area contributed by atoms with Gasteiger partial charge in [0.05, 0.1) is 0 Å². The van der Waals surface area contributed by atoms with Gasteiger partial charge in [-0.25, -0.2) is 9.78 Å². The summed E-state index contributed by atoms with van der Waals surface area (Å²) >= 11 is 1.57. The van der Waals surface area contributed by atoms with E-state index in [1.165, 1.54) is 0 Å². The zero-order chi connectivity index (χ0) is 15.0. The van der Waals surface area contributed by atoms with Crippen molar-refractivity contribution in [1.29, 1.82) is 0 Å². The molecule has 7 heteroatoms. The van der Waals surface area contributed by atoms with Crippen molar-refractivity contribution in [2.75, 3.05) is 0 Å². The molecule has 3 aromatic rings. The van der Waals surface area contributed by atoms with Crippen LogP contribution in [0.2, 0.25) is 0 Å². The smallest absolute Gasteiger partial charge is 0.321 e. The van der Waals surface area contributed by atoms with E-state index >= 15 is 0 Å². The Morgan fingerprint density at radius 1 is 1.38 bits per heavy atom. The van der Waals surface area contributed by atoms with Crippen LogP contribution in [0.1, 0.15) is 19.8 Å². The number of hydrogen-bond acceptors (Lipinski definition) is 4. The molecule has 0 spiro atoms. The van der Waals surface area contributed by atoms with Gasteiger partial charge in [-0.1, -0.05) is 13.3 Å². The molecule has 0 amide bonds. The number of nitrogens with one attached hydrogen (secondary N) is 1. The lowest BCUT2D eigenvalue weighted by Crippen LogP contribution is -2.31. The molecule has 0 aliphatic rings. The molecular weight excluding hydrogens is 288 g/mol. The fraction of sp³-hybridized carbons (Fsp3) is 0.357. The first kappa shape index (κ1) is 13.8. The Labute approximate surface area is 124 Å². The van der Waals surface area contributed by atoms with Gasteiger partial charge in [-0.05, 0) is 17.9 Å². The number of rotatable bonds is 4. The summed E-state index contributed by atoms with van der Waals surface area (Å²) in [6.07, 6.45) is 1.84. The fourth-order valence-electron chi connectivity index (χ4n) is 2.42. The van der Waals surface area contributed by atoms with Gasteiger partial charge in [0.15, 0.2) is 11.2 Å². The molecule has 110 valence electrons. The molecule has 1 N–H and O–H groups in total. The van der Waals surface area contributed by atoms with Gasteiger partial charge in [0.25, 0.3) is 5.56 Å². The summed E-state index contributed by atoms with van der Waals surface area (Å²) in [6, 6.07) is 1.95. The van der Waals surface area contributed by atoms with E-state index < -0.39 is 5.69 Å². The second-order valence-electron chi connectivity index (χ2n) is 4.94. The Bertz CT molecular complexity index is 886. The maximum Gasteiger partial charge on any atom is 0.330 e. The van der Waals surface area contributed by atoms with E-state index in [2.05, 4.69) is 16.9 Å². The molecular formula is C14H16N4O2S. The van der Waals surface area contributed by atoms with Gasteiger partial charge in [-0.15, -0.1) is 0 Å². The Hall–Kier alpha value is -2.15. The number of fused-ring (bicyclic) bond motifs is 1. The molecule has 0 atom stereocenters. The van der Waals surface area contributed by atoms with Crippen molar-refractivity contribution in [3.63, 3.8) is 0 Å². The van der Waals surface area contributed by atoms with Crippen molar-refractivity contribution in [3.8, 4) is 11.4 Å². The van der Waals surface area contributed by atoms with Gasteiger partial charge >= 0.3 is 5.69 Å². The lowest BCUT2D eigenvalue weighted by atomic mass is 10.3. The third kappa shape index (κ3) is 2.23. The predicted octanol–water partition coefficient (Wildman–Crippen LogP) is 1.95. The van der Waals surface area contributed by atoms with Crippen molar-refractivity contribution in [3.05, 3.63) is 37.7 Å². The average molecular weight is 304 g/mol. The SMILES string of the molecule is CCCCn1c(=O)[nH]c(=O)c2c1nc(-c1ccsc1)n2C. The van der Waals surface area contributed by atoms with Crippen molar-refractivity contribution in [1.82, 2.24) is 19.1 Å². The van der Waals surface area contributed by atoms with E-state index in [0.29, 0.717) is 23.5 Å². The zero-order valence-corrected chi connectivity index (χ0v) is 12.7. The van der Waals surface area contributed by atoms with E-state index in [1.807, 2.05) is 16.8 Å². The van der Waals surface area contributed by atoms with Gasteiger partial charge in [0.2, 0.25) is 0 Å². The number of unbranched alkanes of at least 4 members (excludes halogenated alkanes) is 1. The fourth-order valence-corrected chi connectivity index (χ4v) is 3.05.